The molecule has 0 aliphatic heterocycles. The molecule has 0 unspecified atom stereocenters. The molecule has 7 heteroatoms. The SMILES string of the molecule is COC(=O)c1nnc(-c2ccc(Cl)o2)o1. The monoisotopic (exact) mass is 228 g/mol. The Hall–Kier alpha value is -1.82. The average molecular weight is 229 g/mol. The summed E-state index contributed by atoms with van der Waals surface area (Å²) in [6, 6.07) is 3.08. The van der Waals surface area contributed by atoms with Crippen LogP contribution in [0.15, 0.2) is 21.0 Å². The summed E-state index contributed by atoms with van der Waals surface area (Å²) in [5.41, 5.74) is 0. The molecule has 0 fully saturated rings. The standard InChI is InChI=1S/C8H5ClN2O4/c1-13-8(12)7-11-10-6(15-7)4-2-3-5(9)14-4/h2-3H,1H3. The highest BCUT2D eigenvalue weighted by atomic mass is 35.5. The van der Waals surface area contributed by atoms with Gasteiger partial charge >= 0.3 is 11.9 Å². The quantitative estimate of drug-likeness (QED) is 0.729. The lowest BCUT2D eigenvalue weighted by atomic mass is 10.4. The second-order valence-electron chi connectivity index (χ2n) is 2.51. The van der Waals surface area contributed by atoms with Crippen molar-refractivity contribution in [3.05, 3.63) is 23.2 Å². The molecule has 0 saturated heterocycles. The van der Waals surface area contributed by atoms with Gasteiger partial charge in [0.25, 0.3) is 5.89 Å². The van der Waals surface area contributed by atoms with Crippen LogP contribution in [0.2, 0.25) is 5.22 Å². The third-order valence-corrected chi connectivity index (χ3v) is 1.77. The van der Waals surface area contributed by atoms with Crippen LogP contribution in [0, 0.1) is 0 Å². The van der Waals surface area contributed by atoms with Crippen molar-refractivity contribution in [2.45, 2.75) is 0 Å². The van der Waals surface area contributed by atoms with Gasteiger partial charge in [-0.1, -0.05) is 0 Å². The normalized spacial score (nSPS) is 10.3. The molecule has 0 aromatic carbocycles. The second kappa shape index (κ2) is 3.74. The minimum atomic E-state index is -0.702. The molecule has 2 heterocycles. The van der Waals surface area contributed by atoms with Gasteiger partial charge in [-0.05, 0) is 23.7 Å². The fraction of sp³-hybridized carbons (Fsp3) is 0.125. The highest BCUT2D eigenvalue weighted by Crippen LogP contribution is 2.23. The van der Waals surface area contributed by atoms with Crippen molar-refractivity contribution < 1.29 is 18.4 Å². The Bertz CT molecular complexity index is 490. The van der Waals surface area contributed by atoms with Crippen molar-refractivity contribution >= 4 is 17.6 Å². The molecule has 0 radical (unpaired) electrons. The maximum atomic E-state index is 11.0. The predicted molar refractivity (Wildman–Crippen MR) is 48.3 cm³/mol. The first-order chi connectivity index (χ1) is 7.20. The van der Waals surface area contributed by atoms with Gasteiger partial charge in [0.15, 0.2) is 11.0 Å². The predicted octanol–water partition coefficient (Wildman–Crippen LogP) is 1.77. The van der Waals surface area contributed by atoms with Crippen LogP contribution in [0.3, 0.4) is 0 Å². The Morgan fingerprint density at radius 3 is 2.80 bits per heavy atom. The molecule has 78 valence electrons. The van der Waals surface area contributed by atoms with Gasteiger partial charge in [-0.25, -0.2) is 4.79 Å². The Morgan fingerprint density at radius 2 is 2.20 bits per heavy atom. The minimum Gasteiger partial charge on any atom is -0.462 e. The van der Waals surface area contributed by atoms with E-state index in [0.29, 0.717) is 5.76 Å². The van der Waals surface area contributed by atoms with Crippen molar-refractivity contribution in [3.63, 3.8) is 0 Å². The molecule has 0 amide bonds. The van der Waals surface area contributed by atoms with Gasteiger partial charge in [0.1, 0.15) is 0 Å². The molecule has 2 aromatic rings. The van der Waals surface area contributed by atoms with E-state index in [0.717, 1.165) is 0 Å². The lowest BCUT2D eigenvalue weighted by molar-refractivity contribution is 0.0556. The van der Waals surface area contributed by atoms with E-state index in [1.165, 1.54) is 13.2 Å². The van der Waals surface area contributed by atoms with E-state index < -0.39 is 5.97 Å². The summed E-state index contributed by atoms with van der Waals surface area (Å²) in [7, 11) is 1.22. The van der Waals surface area contributed by atoms with Gasteiger partial charge in [0.2, 0.25) is 0 Å². The maximum Gasteiger partial charge on any atom is 0.396 e. The van der Waals surface area contributed by atoms with Gasteiger partial charge in [0, 0.05) is 0 Å². The van der Waals surface area contributed by atoms with Gasteiger partial charge in [0.05, 0.1) is 7.11 Å². The number of ether oxygens (including phenoxy) is 1. The fourth-order valence-electron chi connectivity index (χ4n) is 0.922. The number of furan rings is 1. The maximum absolute atomic E-state index is 11.0. The molecule has 0 N–H and O–H groups in total. The molecular formula is C8H5ClN2O4. The van der Waals surface area contributed by atoms with Crippen molar-refractivity contribution in [1.29, 1.82) is 0 Å². The molecular weight excluding hydrogens is 224 g/mol. The first-order valence-electron chi connectivity index (χ1n) is 3.88. The van der Waals surface area contributed by atoms with Crippen molar-refractivity contribution in [2.24, 2.45) is 0 Å². The summed E-state index contributed by atoms with van der Waals surface area (Å²) in [6.07, 6.45) is 0. The first kappa shape index (κ1) is 9.72. The van der Waals surface area contributed by atoms with Crippen molar-refractivity contribution in [2.75, 3.05) is 7.11 Å². The van der Waals surface area contributed by atoms with Crippen LogP contribution in [-0.2, 0) is 4.74 Å². The van der Waals surface area contributed by atoms with E-state index in [4.69, 9.17) is 20.4 Å². The zero-order valence-electron chi connectivity index (χ0n) is 7.56. The molecule has 0 saturated carbocycles. The second-order valence-corrected chi connectivity index (χ2v) is 2.88. The Morgan fingerprint density at radius 1 is 1.40 bits per heavy atom. The number of carbonyl (C=O) groups is 1. The summed E-state index contributed by atoms with van der Waals surface area (Å²) < 4.78 is 14.4. The summed E-state index contributed by atoms with van der Waals surface area (Å²) >= 11 is 5.56. The zero-order valence-corrected chi connectivity index (χ0v) is 8.32. The number of esters is 1. The van der Waals surface area contributed by atoms with E-state index in [-0.39, 0.29) is 17.0 Å². The third-order valence-electron chi connectivity index (χ3n) is 1.57. The smallest absolute Gasteiger partial charge is 0.396 e. The van der Waals surface area contributed by atoms with E-state index in [9.17, 15) is 4.79 Å². The van der Waals surface area contributed by atoms with Gasteiger partial charge in [-0.15, -0.1) is 10.2 Å². The third kappa shape index (κ3) is 1.84. The Labute approximate surface area is 88.8 Å². The summed E-state index contributed by atoms with van der Waals surface area (Å²) in [4.78, 5) is 11.0. The minimum absolute atomic E-state index is 0.0716. The number of halogens is 1. The van der Waals surface area contributed by atoms with E-state index in [1.54, 1.807) is 6.07 Å². The lowest BCUT2D eigenvalue weighted by Gasteiger charge is -1.89. The number of nitrogens with zero attached hydrogens (tertiary/aromatic N) is 2. The molecule has 0 atom stereocenters. The van der Waals surface area contributed by atoms with Crippen molar-refractivity contribution in [3.8, 4) is 11.7 Å². The van der Waals surface area contributed by atoms with E-state index in [2.05, 4.69) is 14.9 Å². The fourth-order valence-corrected chi connectivity index (χ4v) is 1.07. The topological polar surface area (TPSA) is 78.4 Å². The molecule has 2 rings (SSSR count). The van der Waals surface area contributed by atoms with Crippen LogP contribution in [-0.4, -0.2) is 23.3 Å². The van der Waals surface area contributed by atoms with Crippen LogP contribution < -0.4 is 0 Å². The van der Waals surface area contributed by atoms with Crippen LogP contribution in [0.1, 0.15) is 10.7 Å². The summed E-state index contributed by atoms with van der Waals surface area (Å²) in [5.74, 6) is -0.573. The highest BCUT2D eigenvalue weighted by molar-refractivity contribution is 6.28. The van der Waals surface area contributed by atoms with Gasteiger partial charge < -0.3 is 13.6 Å². The van der Waals surface area contributed by atoms with Crippen molar-refractivity contribution in [1.82, 2.24) is 10.2 Å². The Kier molecular flexibility index (Phi) is 2.42. The zero-order chi connectivity index (χ0) is 10.8. The van der Waals surface area contributed by atoms with Crippen LogP contribution >= 0.6 is 11.6 Å². The molecule has 6 nitrogen and oxygen atoms in total. The summed E-state index contributed by atoms with van der Waals surface area (Å²) in [6.45, 7) is 0. The van der Waals surface area contributed by atoms with Gasteiger partial charge in [-0.3, -0.25) is 0 Å². The average Bonchev–Trinajstić information content (AvgIpc) is 2.84. The Balaban J connectivity index is 2.31. The first-order valence-corrected chi connectivity index (χ1v) is 4.26. The molecule has 15 heavy (non-hydrogen) atoms. The number of hydrogen-bond acceptors (Lipinski definition) is 6. The number of aromatic nitrogens is 2. The number of methoxy groups -OCH3 is 1. The largest absolute Gasteiger partial charge is 0.462 e. The summed E-state index contributed by atoms with van der Waals surface area (Å²) in [5, 5.41) is 7.27. The van der Waals surface area contributed by atoms with E-state index >= 15 is 0 Å². The lowest BCUT2D eigenvalue weighted by Crippen LogP contribution is -2.00. The molecule has 0 bridgehead atoms. The molecule has 0 aliphatic rings. The number of carbonyl (C=O) groups excluding carboxylic acids is 1. The van der Waals surface area contributed by atoms with E-state index in [1.807, 2.05) is 0 Å². The van der Waals surface area contributed by atoms with Crippen LogP contribution in [0.25, 0.3) is 11.7 Å². The van der Waals surface area contributed by atoms with Crippen LogP contribution in [0.4, 0.5) is 0 Å². The number of rotatable bonds is 2. The molecule has 2 aromatic heterocycles. The van der Waals surface area contributed by atoms with Crippen LogP contribution in [0.5, 0.6) is 0 Å². The number of hydrogen-bond donors (Lipinski definition) is 0. The molecule has 0 aliphatic carbocycles. The van der Waals surface area contributed by atoms with Gasteiger partial charge in [-0.2, -0.15) is 0 Å². The molecule has 0 spiro atoms. The highest BCUT2D eigenvalue weighted by Gasteiger charge is 2.17.